The Balaban J connectivity index is 1.93. The van der Waals surface area contributed by atoms with Gasteiger partial charge in [0.2, 0.25) is 0 Å². The Bertz CT molecular complexity index is 198. The van der Waals surface area contributed by atoms with Gasteiger partial charge in [0, 0.05) is 11.8 Å². The topological polar surface area (TPSA) is 42.0 Å². The minimum Gasteiger partial charge on any atom is -0.392 e. The van der Waals surface area contributed by atoms with Gasteiger partial charge in [-0.2, -0.15) is 0 Å². The third kappa shape index (κ3) is 0.679. The molecule has 0 saturated carbocycles. The Morgan fingerprint density at radius 1 is 0.833 bits per heavy atom. The summed E-state index contributed by atoms with van der Waals surface area (Å²) in [6.07, 6.45) is 0.705. The Labute approximate surface area is 71.7 Å². The molecule has 3 nitrogen and oxygen atoms in total. The van der Waals surface area contributed by atoms with Crippen molar-refractivity contribution in [3.8, 4) is 0 Å². The lowest BCUT2D eigenvalue weighted by Gasteiger charge is -2.38. The fourth-order valence-electron chi connectivity index (χ4n) is 2.71. The second-order valence-corrected chi connectivity index (χ2v) is 4.34. The zero-order valence-corrected chi connectivity index (χ0v) is 7.31. The van der Waals surface area contributed by atoms with Gasteiger partial charge in [-0.15, -0.1) is 0 Å². The van der Waals surface area contributed by atoms with Gasteiger partial charge in [-0.05, 0) is 0 Å². The predicted octanol–water partition coefficient (Wildman–Crippen LogP) is 0.168. The van der Waals surface area contributed by atoms with Crippen LogP contribution in [0.5, 0.6) is 0 Å². The maximum absolute atomic E-state index is 9.83. The van der Waals surface area contributed by atoms with E-state index in [1.54, 1.807) is 0 Å². The fourth-order valence-corrected chi connectivity index (χ4v) is 2.71. The highest BCUT2D eigenvalue weighted by molar-refractivity contribution is 5.11. The Hall–Kier alpha value is -0.120. The van der Waals surface area contributed by atoms with Crippen molar-refractivity contribution < 1.29 is 14.6 Å². The summed E-state index contributed by atoms with van der Waals surface area (Å²) in [7, 11) is 0. The number of rotatable bonds is 0. The highest BCUT2D eigenvalue weighted by atomic mass is 16.7. The summed E-state index contributed by atoms with van der Waals surface area (Å²) < 4.78 is 11.2. The Morgan fingerprint density at radius 2 is 1.25 bits per heavy atom. The standard InChI is InChI=1S/C9H14O3/c1-3-5(10)4(2)7-9-8(12-9)6(3)11-7/h3-10H,1-2H3/t3-,4+,5?,6+,7-,8+,9-. The average molecular weight is 170 g/mol. The largest absolute Gasteiger partial charge is 0.392 e. The first-order valence-corrected chi connectivity index (χ1v) is 4.69. The van der Waals surface area contributed by atoms with Gasteiger partial charge in [0.25, 0.3) is 0 Å². The van der Waals surface area contributed by atoms with Crippen molar-refractivity contribution in [2.45, 2.75) is 44.4 Å². The first-order valence-electron chi connectivity index (χ1n) is 4.69. The lowest BCUT2D eigenvalue weighted by atomic mass is 9.86. The molecule has 3 rings (SSSR count). The first-order chi connectivity index (χ1) is 5.70. The number of hydrogen-bond acceptors (Lipinski definition) is 3. The summed E-state index contributed by atoms with van der Waals surface area (Å²) in [5, 5.41) is 9.83. The van der Waals surface area contributed by atoms with E-state index in [2.05, 4.69) is 0 Å². The smallest absolute Gasteiger partial charge is 0.113 e. The Morgan fingerprint density at radius 3 is 1.75 bits per heavy atom. The molecule has 3 aliphatic heterocycles. The second kappa shape index (κ2) is 2.03. The zero-order valence-electron chi connectivity index (χ0n) is 7.31. The second-order valence-electron chi connectivity index (χ2n) is 4.34. The molecule has 0 aromatic rings. The number of fused-ring (bicyclic) bond motifs is 5. The molecule has 12 heavy (non-hydrogen) atoms. The third-order valence-corrected chi connectivity index (χ3v) is 3.64. The Kier molecular flexibility index (Phi) is 1.23. The minimum atomic E-state index is -0.204. The van der Waals surface area contributed by atoms with Gasteiger partial charge in [0.05, 0.1) is 18.3 Å². The molecule has 1 unspecified atom stereocenters. The molecule has 0 spiro atoms. The van der Waals surface area contributed by atoms with Crippen molar-refractivity contribution >= 4 is 0 Å². The highest BCUT2D eigenvalue weighted by Gasteiger charge is 2.65. The molecule has 0 aromatic carbocycles. The molecule has 0 amide bonds. The normalized spacial score (nSPS) is 67.8. The van der Waals surface area contributed by atoms with Crippen LogP contribution < -0.4 is 0 Å². The van der Waals surface area contributed by atoms with E-state index in [0.29, 0.717) is 12.2 Å². The van der Waals surface area contributed by atoms with E-state index in [4.69, 9.17) is 9.47 Å². The summed E-state index contributed by atoms with van der Waals surface area (Å²) in [6.45, 7) is 4.10. The van der Waals surface area contributed by atoms with Crippen molar-refractivity contribution in [1.82, 2.24) is 0 Å². The summed E-state index contributed by atoms with van der Waals surface area (Å²) in [6, 6.07) is 0. The molecular weight excluding hydrogens is 156 g/mol. The van der Waals surface area contributed by atoms with Gasteiger partial charge in [0.1, 0.15) is 12.2 Å². The van der Waals surface area contributed by atoms with Crippen molar-refractivity contribution in [2.24, 2.45) is 11.8 Å². The molecule has 3 heteroatoms. The molecule has 3 fully saturated rings. The van der Waals surface area contributed by atoms with Gasteiger partial charge in [0.15, 0.2) is 0 Å². The van der Waals surface area contributed by atoms with Crippen LogP contribution in [0.3, 0.4) is 0 Å². The van der Waals surface area contributed by atoms with E-state index in [9.17, 15) is 5.11 Å². The summed E-state index contributed by atoms with van der Waals surface area (Å²) in [5.41, 5.74) is 0. The van der Waals surface area contributed by atoms with Crippen LogP contribution in [-0.2, 0) is 9.47 Å². The van der Waals surface area contributed by atoms with Crippen molar-refractivity contribution in [1.29, 1.82) is 0 Å². The van der Waals surface area contributed by atoms with Crippen molar-refractivity contribution in [3.63, 3.8) is 0 Å². The number of aliphatic hydroxyl groups excluding tert-OH is 1. The van der Waals surface area contributed by atoms with Crippen LogP contribution in [0.25, 0.3) is 0 Å². The molecule has 2 bridgehead atoms. The molecular formula is C9H14O3. The van der Waals surface area contributed by atoms with Crippen LogP contribution >= 0.6 is 0 Å². The molecule has 68 valence electrons. The zero-order chi connectivity index (χ0) is 8.46. The van der Waals surface area contributed by atoms with E-state index in [0.717, 1.165) is 0 Å². The number of hydrogen-bond donors (Lipinski definition) is 1. The SMILES string of the molecule is C[C@@H]1C(O)[C@H](C)[C@H]2O[C@@H]1[C@@H]1O[C@@H]12. The molecule has 0 aromatic heterocycles. The lowest BCUT2D eigenvalue weighted by Crippen LogP contribution is -2.47. The summed E-state index contributed by atoms with van der Waals surface area (Å²) in [5.74, 6) is 0.461. The van der Waals surface area contributed by atoms with E-state index >= 15 is 0 Å². The molecule has 3 heterocycles. The molecule has 0 aliphatic carbocycles. The van der Waals surface area contributed by atoms with Gasteiger partial charge >= 0.3 is 0 Å². The number of aliphatic hydroxyl groups is 1. The van der Waals surface area contributed by atoms with E-state index in [1.165, 1.54) is 0 Å². The van der Waals surface area contributed by atoms with Gasteiger partial charge in [-0.25, -0.2) is 0 Å². The maximum atomic E-state index is 9.83. The van der Waals surface area contributed by atoms with Crippen molar-refractivity contribution in [2.75, 3.05) is 0 Å². The minimum absolute atomic E-state index is 0.159. The van der Waals surface area contributed by atoms with E-state index in [1.807, 2.05) is 13.8 Å². The molecule has 1 N–H and O–H groups in total. The first kappa shape index (κ1) is 7.30. The summed E-state index contributed by atoms with van der Waals surface area (Å²) in [4.78, 5) is 0. The number of ether oxygens (including phenoxy) is 2. The van der Waals surface area contributed by atoms with Crippen LogP contribution in [0, 0.1) is 11.8 Å². The third-order valence-electron chi connectivity index (χ3n) is 3.64. The molecule has 0 radical (unpaired) electrons. The van der Waals surface area contributed by atoms with Crippen LogP contribution in [0.4, 0.5) is 0 Å². The quantitative estimate of drug-likeness (QED) is 0.527. The number of epoxide rings is 1. The van der Waals surface area contributed by atoms with E-state index < -0.39 is 0 Å². The molecule has 3 aliphatic rings. The van der Waals surface area contributed by atoms with Crippen LogP contribution in [-0.4, -0.2) is 35.6 Å². The lowest BCUT2D eigenvalue weighted by molar-refractivity contribution is -0.164. The van der Waals surface area contributed by atoms with Gasteiger partial charge < -0.3 is 14.6 Å². The van der Waals surface area contributed by atoms with Crippen LogP contribution in [0.1, 0.15) is 13.8 Å². The highest BCUT2D eigenvalue weighted by Crippen LogP contribution is 2.50. The molecule has 3 saturated heterocycles. The van der Waals surface area contributed by atoms with Crippen molar-refractivity contribution in [3.05, 3.63) is 0 Å². The average Bonchev–Trinajstić information content (AvgIpc) is 2.76. The summed E-state index contributed by atoms with van der Waals surface area (Å²) >= 11 is 0. The predicted molar refractivity (Wildman–Crippen MR) is 41.7 cm³/mol. The maximum Gasteiger partial charge on any atom is 0.113 e. The fraction of sp³-hybridized carbons (Fsp3) is 1.00. The van der Waals surface area contributed by atoms with Gasteiger partial charge in [-0.3, -0.25) is 0 Å². The van der Waals surface area contributed by atoms with Crippen LogP contribution in [0.15, 0.2) is 0 Å². The van der Waals surface area contributed by atoms with E-state index in [-0.39, 0.29) is 30.1 Å². The monoisotopic (exact) mass is 170 g/mol. The van der Waals surface area contributed by atoms with Gasteiger partial charge in [-0.1, -0.05) is 13.8 Å². The van der Waals surface area contributed by atoms with Crippen LogP contribution in [0.2, 0.25) is 0 Å². The molecule has 7 atom stereocenters.